The molecule has 1 aliphatic heterocycles. The SMILES string of the molecule is C=C(OC1OC(C)C(OC)C(O)C1OC)C(C=CC=CC=CC(=O)CC)OC(=O)CC. The molecule has 8 nitrogen and oxygen atoms in total. The van der Waals surface area contributed by atoms with Gasteiger partial charge >= 0.3 is 5.97 Å². The van der Waals surface area contributed by atoms with Crippen molar-refractivity contribution in [2.45, 2.75) is 70.4 Å². The Bertz CT molecular complexity index is 681. The summed E-state index contributed by atoms with van der Waals surface area (Å²) in [5.41, 5.74) is 0. The van der Waals surface area contributed by atoms with Crippen LogP contribution in [0, 0.1) is 0 Å². The Kier molecular flexibility index (Phi) is 12.0. The van der Waals surface area contributed by atoms with Crippen LogP contribution < -0.4 is 0 Å². The van der Waals surface area contributed by atoms with Crippen molar-refractivity contribution in [2.75, 3.05) is 14.2 Å². The highest BCUT2D eigenvalue weighted by atomic mass is 16.7. The molecular weight excluding hydrogens is 404 g/mol. The average Bonchev–Trinajstić information content (AvgIpc) is 2.74. The van der Waals surface area contributed by atoms with E-state index in [4.69, 9.17) is 23.7 Å². The summed E-state index contributed by atoms with van der Waals surface area (Å²) in [5, 5.41) is 10.5. The van der Waals surface area contributed by atoms with Crippen LogP contribution in [0.2, 0.25) is 0 Å². The third-order valence-electron chi connectivity index (χ3n) is 4.68. The van der Waals surface area contributed by atoms with Crippen molar-refractivity contribution in [1.29, 1.82) is 0 Å². The lowest BCUT2D eigenvalue weighted by Crippen LogP contribution is -2.58. The van der Waals surface area contributed by atoms with E-state index in [2.05, 4.69) is 6.58 Å². The fourth-order valence-electron chi connectivity index (χ4n) is 2.90. The van der Waals surface area contributed by atoms with Gasteiger partial charge < -0.3 is 28.8 Å². The van der Waals surface area contributed by atoms with Crippen LogP contribution >= 0.6 is 0 Å². The summed E-state index contributed by atoms with van der Waals surface area (Å²) in [6.45, 7) is 9.07. The average molecular weight is 439 g/mol. The third kappa shape index (κ3) is 8.41. The van der Waals surface area contributed by atoms with E-state index >= 15 is 0 Å². The Hall–Kier alpha value is -2.26. The second kappa shape index (κ2) is 13.9. The fourth-order valence-corrected chi connectivity index (χ4v) is 2.90. The lowest BCUT2D eigenvalue weighted by molar-refractivity contribution is -0.293. The van der Waals surface area contributed by atoms with Crippen LogP contribution in [0.5, 0.6) is 0 Å². The number of carbonyl (C=O) groups is 2. The number of ketones is 1. The van der Waals surface area contributed by atoms with Crippen LogP contribution in [-0.4, -0.2) is 67.9 Å². The fraction of sp³-hybridized carbons (Fsp3) is 0.565. The minimum absolute atomic E-state index is 0.0254. The number of aliphatic hydroxyl groups excluding tert-OH is 1. The smallest absolute Gasteiger partial charge is 0.306 e. The topological polar surface area (TPSA) is 101 Å². The molecule has 1 saturated heterocycles. The number of esters is 1. The highest BCUT2D eigenvalue weighted by Gasteiger charge is 2.45. The van der Waals surface area contributed by atoms with Crippen molar-refractivity contribution >= 4 is 11.8 Å². The number of hydrogen-bond acceptors (Lipinski definition) is 8. The van der Waals surface area contributed by atoms with E-state index in [-0.39, 0.29) is 18.0 Å². The highest BCUT2D eigenvalue weighted by molar-refractivity contribution is 5.89. The lowest BCUT2D eigenvalue weighted by Gasteiger charge is -2.42. The maximum absolute atomic E-state index is 11.8. The van der Waals surface area contributed by atoms with Crippen LogP contribution in [0.15, 0.2) is 48.8 Å². The number of methoxy groups -OCH3 is 2. The van der Waals surface area contributed by atoms with Crippen LogP contribution in [0.3, 0.4) is 0 Å². The third-order valence-corrected chi connectivity index (χ3v) is 4.68. The van der Waals surface area contributed by atoms with E-state index in [9.17, 15) is 14.7 Å². The molecule has 0 saturated carbocycles. The van der Waals surface area contributed by atoms with Crippen molar-refractivity contribution in [3.63, 3.8) is 0 Å². The number of rotatable bonds is 12. The quantitative estimate of drug-likeness (QED) is 0.215. The van der Waals surface area contributed by atoms with Gasteiger partial charge in [0.2, 0.25) is 6.29 Å². The summed E-state index contributed by atoms with van der Waals surface area (Å²) >= 11 is 0. The molecule has 0 bridgehead atoms. The molecule has 0 aromatic carbocycles. The van der Waals surface area contributed by atoms with E-state index in [1.54, 1.807) is 51.2 Å². The summed E-state index contributed by atoms with van der Waals surface area (Å²) in [7, 11) is 2.90. The number of allylic oxidation sites excluding steroid dienone is 5. The van der Waals surface area contributed by atoms with E-state index in [1.807, 2.05) is 0 Å². The van der Waals surface area contributed by atoms with Crippen LogP contribution in [0.4, 0.5) is 0 Å². The minimum Gasteiger partial charge on any atom is -0.463 e. The van der Waals surface area contributed by atoms with Gasteiger partial charge in [0, 0.05) is 27.1 Å². The van der Waals surface area contributed by atoms with Crippen LogP contribution in [-0.2, 0) is 33.3 Å². The predicted octanol–water partition coefficient (Wildman–Crippen LogP) is 2.62. The number of ether oxygens (including phenoxy) is 5. The molecule has 1 rings (SSSR count). The van der Waals surface area contributed by atoms with Gasteiger partial charge in [-0.15, -0.1) is 0 Å². The molecule has 6 atom stereocenters. The Morgan fingerprint density at radius 3 is 2.29 bits per heavy atom. The molecular formula is C23H34O8. The second-order valence-corrected chi connectivity index (χ2v) is 6.90. The molecule has 1 aliphatic rings. The van der Waals surface area contributed by atoms with Crippen molar-refractivity contribution < 1.29 is 38.4 Å². The molecule has 6 unspecified atom stereocenters. The molecule has 31 heavy (non-hydrogen) atoms. The Labute approximate surface area is 184 Å². The van der Waals surface area contributed by atoms with Crippen LogP contribution in [0.25, 0.3) is 0 Å². The highest BCUT2D eigenvalue weighted by Crippen LogP contribution is 2.28. The van der Waals surface area contributed by atoms with Gasteiger partial charge in [-0.05, 0) is 19.1 Å². The zero-order valence-electron chi connectivity index (χ0n) is 18.9. The molecule has 0 spiro atoms. The summed E-state index contributed by atoms with van der Waals surface area (Å²) in [6.07, 6.45) is 5.63. The van der Waals surface area contributed by atoms with Gasteiger partial charge in [0.1, 0.15) is 24.1 Å². The molecule has 1 fully saturated rings. The zero-order valence-corrected chi connectivity index (χ0v) is 18.9. The zero-order chi connectivity index (χ0) is 23.4. The molecule has 174 valence electrons. The first-order valence-corrected chi connectivity index (χ1v) is 10.3. The first-order valence-electron chi connectivity index (χ1n) is 10.3. The van der Waals surface area contributed by atoms with Gasteiger partial charge in [0.25, 0.3) is 0 Å². The van der Waals surface area contributed by atoms with Gasteiger partial charge in [-0.1, -0.05) is 44.7 Å². The lowest BCUT2D eigenvalue weighted by atomic mass is 9.99. The molecule has 1 N–H and O–H groups in total. The van der Waals surface area contributed by atoms with Crippen molar-refractivity contribution in [1.82, 2.24) is 0 Å². The first kappa shape index (κ1) is 26.8. The summed E-state index contributed by atoms with van der Waals surface area (Å²) in [5.74, 6) is -0.291. The van der Waals surface area contributed by atoms with Gasteiger partial charge in [-0.3, -0.25) is 9.59 Å². The molecule has 0 amide bonds. The monoisotopic (exact) mass is 438 g/mol. The first-order chi connectivity index (χ1) is 14.8. The standard InChI is InChI=1S/C23H34O8/c1-7-17(24)13-11-9-10-12-14-18(31-19(25)8-2)15(3)29-23-22(28-6)20(26)21(27-5)16(4)30-23/h9-14,16,18,20-23,26H,3,7-8H2,1-2,4-6H3. The Morgan fingerprint density at radius 1 is 1.06 bits per heavy atom. The van der Waals surface area contributed by atoms with Gasteiger partial charge in [0.05, 0.1) is 6.10 Å². The van der Waals surface area contributed by atoms with E-state index < -0.39 is 42.8 Å². The van der Waals surface area contributed by atoms with E-state index in [0.717, 1.165) is 0 Å². The Morgan fingerprint density at radius 2 is 1.71 bits per heavy atom. The van der Waals surface area contributed by atoms with E-state index in [1.165, 1.54) is 20.3 Å². The van der Waals surface area contributed by atoms with Crippen LogP contribution in [0.1, 0.15) is 33.6 Å². The molecule has 0 aromatic rings. The summed E-state index contributed by atoms with van der Waals surface area (Å²) < 4.78 is 27.6. The summed E-state index contributed by atoms with van der Waals surface area (Å²) in [6, 6.07) is 0. The van der Waals surface area contributed by atoms with Gasteiger partial charge in [-0.25, -0.2) is 0 Å². The molecule has 8 heteroatoms. The second-order valence-electron chi connectivity index (χ2n) is 6.90. The normalized spacial score (nSPS) is 27.6. The van der Waals surface area contributed by atoms with E-state index in [0.29, 0.717) is 6.42 Å². The molecule has 0 radical (unpaired) electrons. The number of hydrogen-bond donors (Lipinski definition) is 1. The largest absolute Gasteiger partial charge is 0.463 e. The molecule has 0 aromatic heterocycles. The number of carbonyl (C=O) groups excluding carboxylic acids is 2. The van der Waals surface area contributed by atoms with Gasteiger partial charge in [0.15, 0.2) is 11.9 Å². The summed E-state index contributed by atoms with van der Waals surface area (Å²) in [4.78, 5) is 23.1. The molecule has 0 aliphatic carbocycles. The predicted molar refractivity (Wildman–Crippen MR) is 115 cm³/mol. The molecule has 1 heterocycles. The van der Waals surface area contributed by atoms with Crippen molar-refractivity contribution in [3.05, 3.63) is 48.8 Å². The maximum Gasteiger partial charge on any atom is 0.306 e. The number of aliphatic hydroxyl groups is 1. The van der Waals surface area contributed by atoms with Crippen molar-refractivity contribution in [2.24, 2.45) is 0 Å². The maximum atomic E-state index is 11.8. The van der Waals surface area contributed by atoms with Gasteiger partial charge in [-0.2, -0.15) is 0 Å². The minimum atomic E-state index is -0.982. The Balaban J connectivity index is 2.88. The van der Waals surface area contributed by atoms with Crippen molar-refractivity contribution in [3.8, 4) is 0 Å².